The van der Waals surface area contributed by atoms with Crippen LogP contribution in [0.3, 0.4) is 0 Å². The molecule has 0 aliphatic heterocycles. The average Bonchev–Trinajstić information content (AvgIpc) is 2.62. The first-order valence-electron chi connectivity index (χ1n) is 8.30. The van der Waals surface area contributed by atoms with Gasteiger partial charge in [-0.05, 0) is 25.6 Å². The maximum absolute atomic E-state index is 12.3. The molecule has 1 rings (SSSR count). The molecule has 0 heterocycles. The van der Waals surface area contributed by atoms with E-state index in [1.807, 2.05) is 13.8 Å². The Labute approximate surface area is 159 Å². The molecule has 0 aromatic heterocycles. The van der Waals surface area contributed by atoms with E-state index in [4.69, 9.17) is 9.47 Å². The standard InChI is InChI=1S/C17H24N2O6.ClH/c1-4-11-24-17(21)15-13(8-7-9-14(15)19(22)23)16(20)25-12-10-18(5-2)6-3;/h7-9H,4-6,10-12H2,1-3H3;1H. The fourth-order valence-corrected chi connectivity index (χ4v) is 2.23. The van der Waals surface area contributed by atoms with E-state index in [1.54, 1.807) is 6.92 Å². The van der Waals surface area contributed by atoms with E-state index < -0.39 is 22.5 Å². The Kier molecular flexibility index (Phi) is 11.2. The molecule has 0 fully saturated rings. The zero-order valence-electron chi connectivity index (χ0n) is 15.2. The number of nitro benzene ring substituents is 1. The summed E-state index contributed by atoms with van der Waals surface area (Å²) in [6, 6.07) is 3.83. The van der Waals surface area contributed by atoms with Crippen LogP contribution >= 0.6 is 12.4 Å². The molecule has 0 saturated carbocycles. The van der Waals surface area contributed by atoms with Crippen molar-refractivity contribution in [1.29, 1.82) is 0 Å². The molecule has 1 aromatic carbocycles. The number of halogens is 1. The van der Waals surface area contributed by atoms with Crippen molar-refractivity contribution in [3.05, 3.63) is 39.4 Å². The van der Waals surface area contributed by atoms with Crippen LogP contribution in [0.1, 0.15) is 47.9 Å². The lowest BCUT2D eigenvalue weighted by Crippen LogP contribution is -2.28. The number of esters is 2. The number of hydrogen-bond acceptors (Lipinski definition) is 7. The number of likely N-dealkylation sites (N-methyl/N-ethyl adjacent to an activating group) is 1. The molecule has 146 valence electrons. The third kappa shape index (κ3) is 6.61. The van der Waals surface area contributed by atoms with Gasteiger partial charge in [-0.3, -0.25) is 10.1 Å². The van der Waals surface area contributed by atoms with E-state index in [2.05, 4.69) is 4.90 Å². The number of rotatable bonds is 10. The van der Waals surface area contributed by atoms with E-state index in [1.165, 1.54) is 12.1 Å². The summed E-state index contributed by atoms with van der Waals surface area (Å²) in [5.74, 6) is -1.68. The predicted octanol–water partition coefficient (Wildman–Crippen LogP) is 3.08. The van der Waals surface area contributed by atoms with E-state index in [0.29, 0.717) is 13.0 Å². The number of carbonyl (C=O) groups excluding carboxylic acids is 2. The Hall–Kier alpha value is -2.19. The maximum atomic E-state index is 12.3. The lowest BCUT2D eigenvalue weighted by atomic mass is 10.1. The third-order valence-corrected chi connectivity index (χ3v) is 3.64. The molecule has 0 atom stereocenters. The van der Waals surface area contributed by atoms with Crippen LogP contribution in [0.2, 0.25) is 0 Å². The second kappa shape index (κ2) is 12.2. The highest BCUT2D eigenvalue weighted by Crippen LogP contribution is 2.24. The molecule has 8 nitrogen and oxygen atoms in total. The minimum atomic E-state index is -0.898. The number of benzene rings is 1. The Bertz CT molecular complexity index is 619. The summed E-state index contributed by atoms with van der Waals surface area (Å²) < 4.78 is 10.2. The topological polar surface area (TPSA) is 99.0 Å². The lowest BCUT2D eigenvalue weighted by Gasteiger charge is -2.17. The van der Waals surface area contributed by atoms with Crippen LogP contribution in [0.5, 0.6) is 0 Å². The van der Waals surface area contributed by atoms with E-state index in [0.717, 1.165) is 19.2 Å². The smallest absolute Gasteiger partial charge is 0.346 e. The highest BCUT2D eigenvalue weighted by atomic mass is 35.5. The van der Waals surface area contributed by atoms with Gasteiger partial charge in [0.1, 0.15) is 6.61 Å². The summed E-state index contributed by atoms with van der Waals surface area (Å²) in [5.41, 5.74) is -0.997. The van der Waals surface area contributed by atoms with Gasteiger partial charge in [-0.2, -0.15) is 0 Å². The van der Waals surface area contributed by atoms with E-state index in [9.17, 15) is 19.7 Å². The highest BCUT2D eigenvalue weighted by Gasteiger charge is 2.29. The molecule has 0 aliphatic rings. The molecule has 0 radical (unpaired) electrons. The Balaban J connectivity index is 0.00000625. The van der Waals surface area contributed by atoms with Gasteiger partial charge in [0.05, 0.1) is 17.1 Å². The van der Waals surface area contributed by atoms with Gasteiger partial charge in [0.25, 0.3) is 5.69 Å². The van der Waals surface area contributed by atoms with Crippen molar-refractivity contribution in [2.75, 3.05) is 32.8 Å². The van der Waals surface area contributed by atoms with Crippen molar-refractivity contribution < 1.29 is 24.0 Å². The van der Waals surface area contributed by atoms with Crippen molar-refractivity contribution in [2.24, 2.45) is 0 Å². The first kappa shape index (κ1) is 23.8. The number of nitro groups is 1. The minimum absolute atomic E-state index is 0. The summed E-state index contributed by atoms with van der Waals surface area (Å²) in [7, 11) is 0. The van der Waals surface area contributed by atoms with E-state index >= 15 is 0 Å². The van der Waals surface area contributed by atoms with Crippen molar-refractivity contribution in [2.45, 2.75) is 27.2 Å². The van der Waals surface area contributed by atoms with Crippen molar-refractivity contribution in [1.82, 2.24) is 4.90 Å². The summed E-state index contributed by atoms with van der Waals surface area (Å²) >= 11 is 0. The van der Waals surface area contributed by atoms with Gasteiger partial charge in [-0.15, -0.1) is 12.4 Å². The van der Waals surface area contributed by atoms with Gasteiger partial charge in [0, 0.05) is 12.6 Å². The summed E-state index contributed by atoms with van der Waals surface area (Å²) in [4.78, 5) is 37.0. The monoisotopic (exact) mass is 388 g/mol. The van der Waals surface area contributed by atoms with Gasteiger partial charge >= 0.3 is 11.9 Å². The van der Waals surface area contributed by atoms with Crippen LogP contribution in [0.25, 0.3) is 0 Å². The SMILES string of the molecule is CCCOC(=O)c1c(C(=O)OCCN(CC)CC)cccc1[N+](=O)[O-].Cl. The van der Waals surface area contributed by atoms with E-state index in [-0.39, 0.29) is 36.7 Å². The van der Waals surface area contributed by atoms with Crippen molar-refractivity contribution in [3.8, 4) is 0 Å². The Morgan fingerprint density at radius 3 is 2.23 bits per heavy atom. The molecule has 0 bridgehead atoms. The molecule has 9 heteroatoms. The largest absolute Gasteiger partial charge is 0.462 e. The van der Waals surface area contributed by atoms with Gasteiger partial charge in [0.2, 0.25) is 0 Å². The lowest BCUT2D eigenvalue weighted by molar-refractivity contribution is -0.385. The Morgan fingerprint density at radius 1 is 1.08 bits per heavy atom. The molecular formula is C17H25ClN2O6. The maximum Gasteiger partial charge on any atom is 0.346 e. The number of nitrogens with zero attached hydrogens (tertiary/aromatic N) is 2. The first-order valence-corrected chi connectivity index (χ1v) is 8.30. The fourth-order valence-electron chi connectivity index (χ4n) is 2.23. The molecule has 0 unspecified atom stereocenters. The zero-order chi connectivity index (χ0) is 18.8. The van der Waals surface area contributed by atoms with Crippen LogP contribution in [0.15, 0.2) is 18.2 Å². The quantitative estimate of drug-likeness (QED) is 0.345. The predicted molar refractivity (Wildman–Crippen MR) is 99.0 cm³/mol. The molecule has 0 aliphatic carbocycles. The number of carbonyl (C=O) groups is 2. The first-order chi connectivity index (χ1) is 12.0. The molecule has 0 saturated heterocycles. The molecule has 0 amide bonds. The molecular weight excluding hydrogens is 364 g/mol. The van der Waals surface area contributed by atoms with Crippen LogP contribution in [-0.2, 0) is 9.47 Å². The normalized spacial score (nSPS) is 10.2. The number of hydrogen-bond donors (Lipinski definition) is 0. The third-order valence-electron chi connectivity index (χ3n) is 3.64. The zero-order valence-corrected chi connectivity index (χ0v) is 16.0. The van der Waals surface area contributed by atoms with Crippen molar-refractivity contribution in [3.63, 3.8) is 0 Å². The average molecular weight is 389 g/mol. The molecule has 26 heavy (non-hydrogen) atoms. The molecule has 0 N–H and O–H groups in total. The van der Waals surface area contributed by atoms with Crippen LogP contribution in [0, 0.1) is 10.1 Å². The minimum Gasteiger partial charge on any atom is -0.462 e. The van der Waals surface area contributed by atoms with Crippen LogP contribution in [0.4, 0.5) is 5.69 Å². The van der Waals surface area contributed by atoms with Gasteiger partial charge in [0.15, 0.2) is 5.56 Å². The van der Waals surface area contributed by atoms with Crippen LogP contribution in [-0.4, -0.2) is 54.6 Å². The second-order valence-corrected chi connectivity index (χ2v) is 5.26. The van der Waals surface area contributed by atoms with Gasteiger partial charge < -0.3 is 14.4 Å². The van der Waals surface area contributed by atoms with Crippen LogP contribution < -0.4 is 0 Å². The highest BCUT2D eigenvalue weighted by molar-refractivity contribution is 6.06. The summed E-state index contributed by atoms with van der Waals surface area (Å²) in [6.45, 7) is 8.21. The summed E-state index contributed by atoms with van der Waals surface area (Å²) in [5, 5.41) is 11.2. The fraction of sp³-hybridized carbons (Fsp3) is 0.529. The number of ether oxygens (including phenoxy) is 2. The molecule has 1 aromatic rings. The summed E-state index contributed by atoms with van der Waals surface area (Å²) in [6.07, 6.45) is 0.565. The van der Waals surface area contributed by atoms with Gasteiger partial charge in [-0.1, -0.05) is 26.8 Å². The second-order valence-electron chi connectivity index (χ2n) is 5.26. The van der Waals surface area contributed by atoms with Gasteiger partial charge in [-0.25, -0.2) is 9.59 Å². The van der Waals surface area contributed by atoms with Crippen molar-refractivity contribution >= 4 is 30.0 Å². The Morgan fingerprint density at radius 2 is 1.69 bits per heavy atom. The molecule has 0 spiro atoms.